The Bertz CT molecular complexity index is 234. The van der Waals surface area contributed by atoms with Crippen molar-refractivity contribution in [1.82, 2.24) is 5.32 Å². The van der Waals surface area contributed by atoms with Crippen LogP contribution in [0.5, 0.6) is 0 Å². The van der Waals surface area contributed by atoms with Crippen molar-refractivity contribution in [2.45, 2.75) is 39.7 Å². The number of hydrogen-bond acceptors (Lipinski definition) is 6. The van der Waals surface area contributed by atoms with Gasteiger partial charge in [0.1, 0.15) is 0 Å². The van der Waals surface area contributed by atoms with E-state index in [-0.39, 0.29) is 5.54 Å². The predicted molar refractivity (Wildman–Crippen MR) is 92.1 cm³/mol. The van der Waals surface area contributed by atoms with Gasteiger partial charge in [-0.3, -0.25) is 0 Å². The molecule has 0 radical (unpaired) electrons. The zero-order chi connectivity index (χ0) is 17.2. The van der Waals surface area contributed by atoms with Gasteiger partial charge < -0.3 is 29.0 Å². The first-order valence-corrected chi connectivity index (χ1v) is 8.70. The van der Waals surface area contributed by atoms with Gasteiger partial charge in [0.25, 0.3) is 0 Å². The van der Waals surface area contributed by atoms with E-state index in [0.29, 0.717) is 59.5 Å². The predicted octanol–water partition coefficient (Wildman–Crippen LogP) is 1.87. The molecule has 1 N–H and O–H groups in total. The van der Waals surface area contributed by atoms with Gasteiger partial charge in [-0.1, -0.05) is 6.92 Å². The van der Waals surface area contributed by atoms with Crippen LogP contribution in [0.4, 0.5) is 0 Å². The van der Waals surface area contributed by atoms with Crippen LogP contribution in [0.25, 0.3) is 0 Å². The van der Waals surface area contributed by atoms with Crippen molar-refractivity contribution in [1.29, 1.82) is 0 Å². The lowest BCUT2D eigenvalue weighted by Crippen LogP contribution is -2.38. The van der Waals surface area contributed by atoms with E-state index in [1.807, 2.05) is 0 Å². The molecule has 0 saturated heterocycles. The maximum atomic E-state index is 5.47. The molecule has 0 atom stereocenters. The number of nitrogens with one attached hydrogen (secondary N) is 1. The highest BCUT2D eigenvalue weighted by atomic mass is 16.6. The Balaban J connectivity index is 3.00. The first-order chi connectivity index (χ1) is 11.1. The van der Waals surface area contributed by atoms with Crippen LogP contribution < -0.4 is 5.32 Å². The summed E-state index contributed by atoms with van der Waals surface area (Å²) in [5.41, 5.74) is 0.142. The summed E-state index contributed by atoms with van der Waals surface area (Å²) in [5, 5.41) is 3.37. The van der Waals surface area contributed by atoms with Gasteiger partial charge in [0.05, 0.1) is 59.5 Å². The summed E-state index contributed by atoms with van der Waals surface area (Å²) in [7, 11) is 0. The summed E-state index contributed by atoms with van der Waals surface area (Å²) in [4.78, 5) is 0. The Labute approximate surface area is 142 Å². The SMILES string of the molecule is CCCOCCOCCOCCOCCOCCNC(C)(C)C. The van der Waals surface area contributed by atoms with Crippen LogP contribution in [0.15, 0.2) is 0 Å². The third-order valence-electron chi connectivity index (χ3n) is 2.74. The van der Waals surface area contributed by atoms with E-state index in [1.165, 1.54) is 0 Å². The molecule has 0 bridgehead atoms. The second kappa shape index (κ2) is 16.6. The second-order valence-electron chi connectivity index (χ2n) is 6.24. The Morgan fingerprint density at radius 3 is 1.26 bits per heavy atom. The zero-order valence-corrected chi connectivity index (χ0v) is 15.5. The van der Waals surface area contributed by atoms with Gasteiger partial charge in [-0.15, -0.1) is 0 Å². The Morgan fingerprint density at radius 2 is 0.913 bits per heavy atom. The molecule has 0 heterocycles. The molecule has 0 unspecified atom stereocenters. The fraction of sp³-hybridized carbons (Fsp3) is 1.00. The molecule has 0 aliphatic rings. The molecule has 6 nitrogen and oxygen atoms in total. The third kappa shape index (κ3) is 21.8. The normalized spacial score (nSPS) is 12.0. The fourth-order valence-corrected chi connectivity index (χ4v) is 1.62. The molecule has 140 valence electrons. The highest BCUT2D eigenvalue weighted by Gasteiger charge is 2.06. The molecule has 6 heteroatoms. The molecule has 0 aromatic rings. The highest BCUT2D eigenvalue weighted by molar-refractivity contribution is 4.69. The largest absolute Gasteiger partial charge is 0.379 e. The summed E-state index contributed by atoms with van der Waals surface area (Å²) in [6.07, 6.45) is 1.04. The summed E-state index contributed by atoms with van der Waals surface area (Å²) < 4.78 is 27.0. The molecule has 23 heavy (non-hydrogen) atoms. The minimum absolute atomic E-state index is 0.142. The monoisotopic (exact) mass is 335 g/mol. The van der Waals surface area contributed by atoms with Crippen LogP contribution in [0, 0.1) is 0 Å². The van der Waals surface area contributed by atoms with Crippen LogP contribution in [0.3, 0.4) is 0 Å². The zero-order valence-electron chi connectivity index (χ0n) is 15.5. The smallest absolute Gasteiger partial charge is 0.0701 e. The van der Waals surface area contributed by atoms with Gasteiger partial charge >= 0.3 is 0 Å². The first-order valence-electron chi connectivity index (χ1n) is 8.70. The molecule has 0 saturated carbocycles. The summed E-state index contributed by atoms with van der Waals surface area (Å²) in [6, 6.07) is 0. The fourth-order valence-electron chi connectivity index (χ4n) is 1.62. The van der Waals surface area contributed by atoms with Gasteiger partial charge in [-0.05, 0) is 27.2 Å². The minimum Gasteiger partial charge on any atom is -0.379 e. The Hall–Kier alpha value is -0.240. The van der Waals surface area contributed by atoms with E-state index in [9.17, 15) is 0 Å². The van der Waals surface area contributed by atoms with Crippen molar-refractivity contribution in [3.05, 3.63) is 0 Å². The van der Waals surface area contributed by atoms with Crippen LogP contribution >= 0.6 is 0 Å². The Kier molecular flexibility index (Phi) is 16.4. The van der Waals surface area contributed by atoms with Gasteiger partial charge in [-0.2, -0.15) is 0 Å². The van der Waals surface area contributed by atoms with Crippen molar-refractivity contribution in [2.75, 3.05) is 72.6 Å². The van der Waals surface area contributed by atoms with Crippen molar-refractivity contribution in [3.8, 4) is 0 Å². The van der Waals surface area contributed by atoms with Gasteiger partial charge in [0.15, 0.2) is 0 Å². The third-order valence-corrected chi connectivity index (χ3v) is 2.74. The molecule has 0 aromatic carbocycles. The van der Waals surface area contributed by atoms with Crippen LogP contribution in [-0.2, 0) is 23.7 Å². The van der Waals surface area contributed by atoms with Crippen molar-refractivity contribution >= 4 is 0 Å². The van der Waals surface area contributed by atoms with Gasteiger partial charge in [-0.25, -0.2) is 0 Å². The van der Waals surface area contributed by atoms with Crippen molar-refractivity contribution in [3.63, 3.8) is 0 Å². The van der Waals surface area contributed by atoms with Crippen LogP contribution in [0.1, 0.15) is 34.1 Å². The molecular weight excluding hydrogens is 298 g/mol. The number of ether oxygens (including phenoxy) is 5. The van der Waals surface area contributed by atoms with E-state index in [4.69, 9.17) is 23.7 Å². The Morgan fingerprint density at radius 1 is 0.565 bits per heavy atom. The molecular formula is C17H37NO5. The summed E-state index contributed by atoms with van der Waals surface area (Å²) in [6.45, 7) is 15.7. The average Bonchev–Trinajstić information content (AvgIpc) is 2.49. The van der Waals surface area contributed by atoms with Crippen molar-refractivity contribution in [2.24, 2.45) is 0 Å². The maximum Gasteiger partial charge on any atom is 0.0701 e. The van der Waals surface area contributed by atoms with Crippen LogP contribution in [0.2, 0.25) is 0 Å². The minimum atomic E-state index is 0.142. The number of rotatable bonds is 17. The maximum absolute atomic E-state index is 5.47. The molecule has 0 aliphatic heterocycles. The molecule has 0 rings (SSSR count). The van der Waals surface area contributed by atoms with E-state index < -0.39 is 0 Å². The van der Waals surface area contributed by atoms with E-state index in [1.54, 1.807) is 0 Å². The second-order valence-corrected chi connectivity index (χ2v) is 6.24. The molecule has 0 amide bonds. The van der Waals surface area contributed by atoms with E-state index in [2.05, 4.69) is 33.0 Å². The lowest BCUT2D eigenvalue weighted by atomic mass is 10.1. The lowest BCUT2D eigenvalue weighted by molar-refractivity contribution is -0.0109. The van der Waals surface area contributed by atoms with E-state index >= 15 is 0 Å². The molecule has 0 aliphatic carbocycles. The molecule has 0 aromatic heterocycles. The van der Waals surface area contributed by atoms with E-state index in [0.717, 1.165) is 19.6 Å². The van der Waals surface area contributed by atoms with Gasteiger partial charge in [0.2, 0.25) is 0 Å². The topological polar surface area (TPSA) is 58.2 Å². The average molecular weight is 335 g/mol. The highest BCUT2D eigenvalue weighted by Crippen LogP contribution is 1.96. The standard InChI is InChI=1S/C17H37NO5/c1-5-7-19-9-11-21-13-15-23-16-14-22-12-10-20-8-6-18-17(2,3)4/h18H,5-16H2,1-4H3. The molecule has 0 fully saturated rings. The van der Waals surface area contributed by atoms with Crippen LogP contribution in [-0.4, -0.2) is 78.2 Å². The summed E-state index contributed by atoms with van der Waals surface area (Å²) in [5.74, 6) is 0. The molecule has 0 spiro atoms. The van der Waals surface area contributed by atoms with Gasteiger partial charge in [0, 0.05) is 18.7 Å². The van der Waals surface area contributed by atoms with Crippen molar-refractivity contribution < 1.29 is 23.7 Å². The number of hydrogen-bond donors (Lipinski definition) is 1. The lowest BCUT2D eigenvalue weighted by Gasteiger charge is -2.20. The quantitative estimate of drug-likeness (QED) is 0.410. The first kappa shape index (κ1) is 22.8. The summed E-state index contributed by atoms with van der Waals surface area (Å²) >= 11 is 0.